The number of carbonyl (C=O) groups excluding carboxylic acids is 2. The third-order valence-electron chi connectivity index (χ3n) is 5.17. The summed E-state index contributed by atoms with van der Waals surface area (Å²) in [6.07, 6.45) is 0. The number of hydrogen-bond acceptors (Lipinski definition) is 6. The highest BCUT2D eigenvalue weighted by Crippen LogP contribution is 2.21. The average molecular weight is 473 g/mol. The number of carboxylic acids is 1. The van der Waals surface area contributed by atoms with E-state index in [1.165, 1.54) is 31.2 Å². The van der Waals surface area contributed by atoms with Gasteiger partial charge in [-0.3, -0.25) is 4.79 Å². The van der Waals surface area contributed by atoms with Crippen molar-refractivity contribution < 1.29 is 32.8 Å². The molecule has 0 aliphatic heterocycles. The Hall–Kier alpha value is -4.35. The van der Waals surface area contributed by atoms with Gasteiger partial charge in [-0.2, -0.15) is 4.98 Å². The van der Waals surface area contributed by atoms with Crippen molar-refractivity contribution in [1.82, 2.24) is 15.5 Å². The van der Waals surface area contributed by atoms with Crippen molar-refractivity contribution in [1.29, 1.82) is 0 Å². The topological polar surface area (TPSA) is 146 Å². The van der Waals surface area contributed by atoms with E-state index in [0.29, 0.717) is 17.3 Å². The van der Waals surface area contributed by atoms with E-state index in [2.05, 4.69) is 26.1 Å². The van der Waals surface area contributed by atoms with Crippen LogP contribution < -0.4 is 16.0 Å². The molecule has 34 heavy (non-hydrogen) atoms. The van der Waals surface area contributed by atoms with E-state index in [1.54, 1.807) is 13.8 Å². The molecule has 1 aromatic heterocycles. The molecule has 0 saturated carbocycles. The van der Waals surface area contributed by atoms with Crippen molar-refractivity contribution in [3.05, 3.63) is 60.0 Å². The normalized spacial score (nSPS) is 12.6. The number of amides is 3. The number of nitrogens with one attached hydrogen (secondary N) is 3. The van der Waals surface area contributed by atoms with Crippen LogP contribution in [0.4, 0.5) is 25.0 Å². The molecule has 1 heterocycles. The molecule has 0 radical (unpaired) electrons. The van der Waals surface area contributed by atoms with Crippen molar-refractivity contribution in [3.63, 3.8) is 0 Å². The first kappa shape index (κ1) is 24.3. The van der Waals surface area contributed by atoms with Crippen LogP contribution in [0.2, 0.25) is 0 Å². The van der Waals surface area contributed by atoms with Crippen LogP contribution in [0.15, 0.2) is 47.0 Å². The zero-order valence-corrected chi connectivity index (χ0v) is 18.3. The van der Waals surface area contributed by atoms with Crippen LogP contribution in [0.1, 0.15) is 31.5 Å². The number of aromatic nitrogens is 2. The maximum Gasteiger partial charge on any atom is 0.329 e. The molecule has 2 aromatic carbocycles. The number of hydrogen-bond donors (Lipinski definition) is 4. The van der Waals surface area contributed by atoms with Gasteiger partial charge in [0, 0.05) is 17.3 Å². The summed E-state index contributed by atoms with van der Waals surface area (Å²) in [7, 11) is 0. The number of benzene rings is 2. The van der Waals surface area contributed by atoms with Gasteiger partial charge in [-0.15, -0.1) is 0 Å². The van der Waals surface area contributed by atoms with E-state index in [0.717, 1.165) is 12.1 Å². The maximum absolute atomic E-state index is 13.7. The molecular weight excluding hydrogens is 452 g/mol. The second kappa shape index (κ2) is 9.65. The molecule has 3 aromatic rings. The lowest BCUT2D eigenvalue weighted by Crippen LogP contribution is -2.55. The molecule has 3 amide bonds. The Morgan fingerprint density at radius 1 is 1.06 bits per heavy atom. The van der Waals surface area contributed by atoms with Gasteiger partial charge >= 0.3 is 23.8 Å². The molecule has 12 heteroatoms. The number of urea groups is 1. The zero-order valence-electron chi connectivity index (χ0n) is 18.3. The lowest BCUT2D eigenvalue weighted by atomic mass is 9.88. The molecule has 1 atom stereocenters. The molecule has 0 fully saturated rings. The number of halogens is 2. The summed E-state index contributed by atoms with van der Waals surface area (Å²) in [6, 6.07) is 8.10. The second-order valence-corrected chi connectivity index (χ2v) is 7.82. The summed E-state index contributed by atoms with van der Waals surface area (Å²) >= 11 is 0. The number of aliphatic carboxylic acids is 1. The minimum Gasteiger partial charge on any atom is -0.480 e. The van der Waals surface area contributed by atoms with Gasteiger partial charge in [0.2, 0.25) is 5.82 Å². The first-order valence-corrected chi connectivity index (χ1v) is 10.0. The van der Waals surface area contributed by atoms with Crippen LogP contribution >= 0.6 is 0 Å². The third-order valence-corrected chi connectivity index (χ3v) is 5.17. The maximum atomic E-state index is 13.7. The predicted octanol–water partition coefficient (Wildman–Crippen LogP) is 3.89. The third kappa shape index (κ3) is 5.34. The van der Waals surface area contributed by atoms with Gasteiger partial charge in [-0.25, -0.2) is 18.4 Å². The summed E-state index contributed by atoms with van der Waals surface area (Å²) in [5.74, 6) is -4.48. The molecule has 10 nitrogen and oxygen atoms in total. The SMILES string of the molecule is CC(C)C(C)(NC(=O)c1nc(-c2ccc(NC(=O)Nc3ccc(F)cc3F)cc2)no1)C(=O)O. The molecule has 0 aliphatic carbocycles. The largest absolute Gasteiger partial charge is 0.480 e. The van der Waals surface area contributed by atoms with Crippen LogP contribution in [0.5, 0.6) is 0 Å². The summed E-state index contributed by atoms with van der Waals surface area (Å²) in [5, 5.41) is 20.3. The number of carbonyl (C=O) groups is 3. The summed E-state index contributed by atoms with van der Waals surface area (Å²) in [6.45, 7) is 4.68. The highest BCUT2D eigenvalue weighted by Gasteiger charge is 2.39. The quantitative estimate of drug-likeness (QED) is 0.407. The second-order valence-electron chi connectivity index (χ2n) is 7.82. The summed E-state index contributed by atoms with van der Waals surface area (Å²) in [5.41, 5.74) is -0.927. The lowest BCUT2D eigenvalue weighted by Gasteiger charge is -2.29. The minimum atomic E-state index is -1.53. The van der Waals surface area contributed by atoms with Gasteiger partial charge in [0.1, 0.15) is 17.2 Å². The Kier molecular flexibility index (Phi) is 6.89. The number of carboxylic acid groups (broad SMARTS) is 1. The zero-order chi connectivity index (χ0) is 25.0. The van der Waals surface area contributed by atoms with Gasteiger partial charge in [-0.1, -0.05) is 19.0 Å². The monoisotopic (exact) mass is 473 g/mol. The number of rotatable bonds is 7. The summed E-state index contributed by atoms with van der Waals surface area (Å²) < 4.78 is 31.6. The lowest BCUT2D eigenvalue weighted by molar-refractivity contribution is -0.145. The fourth-order valence-corrected chi connectivity index (χ4v) is 2.75. The van der Waals surface area contributed by atoms with Crippen LogP contribution in [0.25, 0.3) is 11.4 Å². The molecule has 3 rings (SSSR count). The van der Waals surface area contributed by atoms with Crippen molar-refractivity contribution in [2.24, 2.45) is 5.92 Å². The van der Waals surface area contributed by atoms with Crippen molar-refractivity contribution in [3.8, 4) is 11.4 Å². The first-order valence-electron chi connectivity index (χ1n) is 10.0. The number of nitrogens with zero attached hydrogens (tertiary/aromatic N) is 2. The van der Waals surface area contributed by atoms with Crippen molar-refractivity contribution in [2.45, 2.75) is 26.3 Å². The molecule has 0 spiro atoms. The highest BCUT2D eigenvalue weighted by molar-refractivity contribution is 6.00. The standard InChI is InChI=1S/C22H21F2N5O5/c1-11(2)22(3,20(31)32)28-18(30)19-27-17(29-34-19)12-4-7-14(8-5-12)25-21(33)26-16-9-6-13(23)10-15(16)24/h4-11H,1-3H3,(H,28,30)(H,31,32)(H2,25,26,33). The highest BCUT2D eigenvalue weighted by atomic mass is 19.1. The predicted molar refractivity (Wildman–Crippen MR) is 117 cm³/mol. The van der Waals surface area contributed by atoms with E-state index in [1.807, 2.05) is 0 Å². The van der Waals surface area contributed by atoms with Gasteiger partial charge in [0.15, 0.2) is 0 Å². The van der Waals surface area contributed by atoms with Gasteiger partial charge in [0.05, 0.1) is 5.69 Å². The minimum absolute atomic E-state index is 0.0658. The smallest absolute Gasteiger partial charge is 0.329 e. The molecule has 1 unspecified atom stereocenters. The fraction of sp³-hybridized carbons (Fsp3) is 0.227. The van der Waals surface area contributed by atoms with E-state index in [-0.39, 0.29) is 11.5 Å². The number of anilines is 2. The van der Waals surface area contributed by atoms with Gasteiger partial charge in [-0.05, 0) is 49.2 Å². The molecule has 4 N–H and O–H groups in total. The summed E-state index contributed by atoms with van der Waals surface area (Å²) in [4.78, 5) is 40.0. The van der Waals surface area contributed by atoms with E-state index in [9.17, 15) is 28.3 Å². The van der Waals surface area contributed by atoms with E-state index in [4.69, 9.17) is 4.52 Å². The van der Waals surface area contributed by atoms with E-state index >= 15 is 0 Å². The van der Waals surface area contributed by atoms with Crippen LogP contribution in [-0.4, -0.2) is 38.7 Å². The van der Waals surface area contributed by atoms with Gasteiger partial charge < -0.3 is 25.6 Å². The molecular formula is C22H21F2N5O5. The molecule has 0 bridgehead atoms. The fourth-order valence-electron chi connectivity index (χ4n) is 2.75. The van der Waals surface area contributed by atoms with Crippen LogP contribution in [0.3, 0.4) is 0 Å². The van der Waals surface area contributed by atoms with Crippen LogP contribution in [0, 0.1) is 17.6 Å². The van der Waals surface area contributed by atoms with Gasteiger partial charge in [0.25, 0.3) is 0 Å². The first-order chi connectivity index (χ1) is 16.0. The van der Waals surface area contributed by atoms with Crippen molar-refractivity contribution >= 4 is 29.3 Å². The molecule has 178 valence electrons. The Labute approximate surface area is 192 Å². The Morgan fingerprint density at radius 2 is 1.74 bits per heavy atom. The van der Waals surface area contributed by atoms with E-state index < -0.39 is 46.9 Å². The Balaban J connectivity index is 1.65. The Bertz CT molecular complexity index is 1230. The van der Waals surface area contributed by atoms with Crippen LogP contribution in [-0.2, 0) is 4.79 Å². The average Bonchev–Trinajstić information content (AvgIpc) is 3.26. The molecule has 0 saturated heterocycles. The molecule has 0 aliphatic rings. The Morgan fingerprint density at radius 3 is 2.32 bits per heavy atom. The van der Waals surface area contributed by atoms with Crippen molar-refractivity contribution in [2.75, 3.05) is 10.6 Å².